The molecule has 0 N–H and O–H groups in total. The van der Waals surface area contributed by atoms with E-state index in [0.717, 1.165) is 21.5 Å². The third-order valence-electron chi connectivity index (χ3n) is 5.45. The van der Waals surface area contributed by atoms with Crippen LogP contribution >= 0.6 is 0 Å². The van der Waals surface area contributed by atoms with Crippen molar-refractivity contribution in [3.8, 4) is 23.0 Å². The van der Waals surface area contributed by atoms with Crippen molar-refractivity contribution in [2.75, 3.05) is 13.2 Å². The molecule has 36 heavy (non-hydrogen) atoms. The molecule has 0 saturated heterocycles. The van der Waals surface area contributed by atoms with Crippen molar-refractivity contribution in [3.63, 3.8) is 0 Å². The molecule has 0 atom stereocenters. The summed E-state index contributed by atoms with van der Waals surface area (Å²) in [7, 11) is 0. The van der Waals surface area contributed by atoms with E-state index < -0.39 is 11.9 Å². The van der Waals surface area contributed by atoms with Crippen molar-refractivity contribution in [3.05, 3.63) is 109 Å². The predicted molar refractivity (Wildman–Crippen MR) is 137 cm³/mol. The van der Waals surface area contributed by atoms with Crippen molar-refractivity contribution in [1.82, 2.24) is 0 Å². The number of hydrogen-bond donors (Lipinski definition) is 0. The van der Waals surface area contributed by atoms with Gasteiger partial charge in [-0.05, 0) is 24.3 Å². The molecule has 0 heterocycles. The van der Waals surface area contributed by atoms with E-state index in [1.165, 1.54) is 0 Å². The van der Waals surface area contributed by atoms with E-state index in [0.29, 0.717) is 23.0 Å². The number of carbonyl (C=O) groups is 2. The monoisotopic (exact) mass is 478 g/mol. The molecule has 5 rings (SSSR count). The molecule has 0 amide bonds. The Morgan fingerprint density at radius 3 is 1.08 bits per heavy atom. The highest BCUT2D eigenvalue weighted by Crippen LogP contribution is 2.42. The van der Waals surface area contributed by atoms with E-state index in [2.05, 4.69) is 0 Å². The second-order valence-electron chi connectivity index (χ2n) is 7.90. The van der Waals surface area contributed by atoms with Crippen LogP contribution in [-0.2, 0) is 9.59 Å². The van der Waals surface area contributed by atoms with Gasteiger partial charge in [0.15, 0.2) is 13.2 Å². The summed E-state index contributed by atoms with van der Waals surface area (Å²) in [6, 6.07) is 32.7. The molecule has 0 aliphatic rings. The van der Waals surface area contributed by atoms with Crippen LogP contribution in [0.4, 0.5) is 0 Å². The number of ether oxygens (including phenoxy) is 4. The number of carbonyl (C=O) groups excluding carboxylic acids is 2. The zero-order chi connectivity index (χ0) is 24.7. The van der Waals surface area contributed by atoms with Crippen LogP contribution in [-0.4, -0.2) is 25.2 Å². The first-order chi connectivity index (χ1) is 17.7. The van der Waals surface area contributed by atoms with Gasteiger partial charge in [-0.3, -0.25) is 0 Å². The third kappa shape index (κ3) is 5.13. The Labute approximate surface area is 207 Å². The van der Waals surface area contributed by atoms with Gasteiger partial charge >= 0.3 is 11.9 Å². The molecular formula is C30H22O6. The molecule has 0 aliphatic heterocycles. The van der Waals surface area contributed by atoms with E-state index >= 15 is 0 Å². The third-order valence-corrected chi connectivity index (χ3v) is 5.45. The lowest BCUT2D eigenvalue weighted by atomic mass is 10.0. The van der Waals surface area contributed by atoms with Gasteiger partial charge in [-0.2, -0.15) is 0 Å². The molecule has 0 aliphatic carbocycles. The van der Waals surface area contributed by atoms with Crippen LogP contribution in [0.25, 0.3) is 21.5 Å². The summed E-state index contributed by atoms with van der Waals surface area (Å²) in [5.74, 6) is 0.937. The summed E-state index contributed by atoms with van der Waals surface area (Å²) >= 11 is 0. The van der Waals surface area contributed by atoms with Gasteiger partial charge in [0.05, 0.1) is 0 Å². The van der Waals surface area contributed by atoms with E-state index in [9.17, 15) is 9.59 Å². The van der Waals surface area contributed by atoms with Gasteiger partial charge in [-0.15, -0.1) is 0 Å². The quantitative estimate of drug-likeness (QED) is 0.156. The number of rotatable bonds is 8. The number of esters is 2. The smallest absolute Gasteiger partial charge is 0.349 e. The van der Waals surface area contributed by atoms with Gasteiger partial charge < -0.3 is 18.9 Å². The van der Waals surface area contributed by atoms with Gasteiger partial charge in [0.1, 0.15) is 23.0 Å². The van der Waals surface area contributed by atoms with E-state index in [-0.39, 0.29) is 13.2 Å². The summed E-state index contributed by atoms with van der Waals surface area (Å²) in [6.45, 7) is -0.543. The molecule has 6 heteroatoms. The van der Waals surface area contributed by atoms with Gasteiger partial charge in [-0.1, -0.05) is 84.9 Å². The van der Waals surface area contributed by atoms with Crippen molar-refractivity contribution in [2.24, 2.45) is 0 Å². The minimum atomic E-state index is -0.515. The molecule has 0 aromatic heterocycles. The van der Waals surface area contributed by atoms with Gasteiger partial charge in [-0.25, -0.2) is 9.59 Å². The summed E-state index contributed by atoms with van der Waals surface area (Å²) in [5.41, 5.74) is 0. The van der Waals surface area contributed by atoms with E-state index in [1.807, 2.05) is 60.7 Å². The molecule has 6 nitrogen and oxygen atoms in total. The standard InChI is InChI=1S/C30H22O6/c31-27(35-21-11-3-1-4-12-21)19-33-29-23-15-7-9-17-25(23)30(26-18-10-8-16-24(26)29)34-20-28(32)36-22-13-5-2-6-14-22/h1-18H,19-20H2. The van der Waals surface area contributed by atoms with Crippen molar-refractivity contribution in [2.45, 2.75) is 0 Å². The first-order valence-electron chi connectivity index (χ1n) is 11.4. The molecule has 0 saturated carbocycles. The molecule has 0 fully saturated rings. The van der Waals surface area contributed by atoms with Crippen LogP contribution in [0.5, 0.6) is 23.0 Å². The van der Waals surface area contributed by atoms with Gasteiger partial charge in [0, 0.05) is 21.5 Å². The average Bonchev–Trinajstić information content (AvgIpc) is 2.91. The van der Waals surface area contributed by atoms with Crippen LogP contribution in [0, 0.1) is 0 Å². The average molecular weight is 479 g/mol. The summed E-state index contributed by atoms with van der Waals surface area (Å²) in [5, 5.41) is 2.98. The highest BCUT2D eigenvalue weighted by atomic mass is 16.6. The lowest BCUT2D eigenvalue weighted by molar-refractivity contribution is -0.137. The minimum Gasteiger partial charge on any atom is -0.481 e. The maximum Gasteiger partial charge on any atom is 0.349 e. The Balaban J connectivity index is 1.42. The maximum atomic E-state index is 12.4. The van der Waals surface area contributed by atoms with E-state index in [1.54, 1.807) is 48.5 Å². The van der Waals surface area contributed by atoms with Crippen molar-refractivity contribution >= 4 is 33.5 Å². The SMILES string of the molecule is O=C(COc1c2ccccc2c(OCC(=O)Oc2ccccc2)c2ccccc12)Oc1ccccc1. The lowest BCUT2D eigenvalue weighted by Crippen LogP contribution is -2.18. The summed E-state index contributed by atoms with van der Waals surface area (Å²) in [4.78, 5) is 24.9. The lowest BCUT2D eigenvalue weighted by Gasteiger charge is -2.17. The molecule has 0 radical (unpaired) electrons. The fourth-order valence-corrected chi connectivity index (χ4v) is 3.92. The second kappa shape index (κ2) is 10.6. The predicted octanol–water partition coefficient (Wildman–Crippen LogP) is 5.96. The summed E-state index contributed by atoms with van der Waals surface area (Å²) < 4.78 is 22.7. The van der Waals surface area contributed by atoms with Gasteiger partial charge in [0.2, 0.25) is 0 Å². The van der Waals surface area contributed by atoms with E-state index in [4.69, 9.17) is 18.9 Å². The number of benzene rings is 5. The maximum absolute atomic E-state index is 12.4. The minimum absolute atomic E-state index is 0.271. The number of hydrogen-bond acceptors (Lipinski definition) is 6. The molecule has 5 aromatic carbocycles. The molecule has 5 aromatic rings. The molecule has 178 valence electrons. The fraction of sp³-hybridized carbons (Fsp3) is 0.0667. The van der Waals surface area contributed by atoms with Crippen LogP contribution < -0.4 is 18.9 Å². The van der Waals surface area contributed by atoms with Crippen molar-refractivity contribution in [1.29, 1.82) is 0 Å². The zero-order valence-corrected chi connectivity index (χ0v) is 19.3. The first-order valence-corrected chi connectivity index (χ1v) is 11.4. The van der Waals surface area contributed by atoms with Crippen LogP contribution in [0.1, 0.15) is 0 Å². The topological polar surface area (TPSA) is 71.1 Å². The van der Waals surface area contributed by atoms with Gasteiger partial charge in [0.25, 0.3) is 0 Å². The largest absolute Gasteiger partial charge is 0.481 e. The Morgan fingerprint density at radius 1 is 0.444 bits per heavy atom. The van der Waals surface area contributed by atoms with Crippen LogP contribution in [0.2, 0.25) is 0 Å². The van der Waals surface area contributed by atoms with Crippen LogP contribution in [0.15, 0.2) is 109 Å². The molecule has 0 bridgehead atoms. The number of para-hydroxylation sites is 2. The Morgan fingerprint density at radius 2 is 0.750 bits per heavy atom. The molecule has 0 spiro atoms. The normalized spacial score (nSPS) is 10.7. The Kier molecular flexibility index (Phi) is 6.76. The Hall–Kier alpha value is -4.84. The van der Waals surface area contributed by atoms with Crippen molar-refractivity contribution < 1.29 is 28.5 Å². The highest BCUT2D eigenvalue weighted by Gasteiger charge is 2.18. The second-order valence-corrected chi connectivity index (χ2v) is 7.90. The zero-order valence-electron chi connectivity index (χ0n) is 19.3. The van der Waals surface area contributed by atoms with Crippen LogP contribution in [0.3, 0.4) is 0 Å². The molecule has 0 unspecified atom stereocenters. The number of fused-ring (bicyclic) bond motifs is 2. The summed E-state index contributed by atoms with van der Waals surface area (Å²) in [6.07, 6.45) is 0. The highest BCUT2D eigenvalue weighted by molar-refractivity contribution is 6.11. The first kappa shape index (κ1) is 22.9. The molecular weight excluding hydrogens is 456 g/mol. The fourth-order valence-electron chi connectivity index (χ4n) is 3.92. The Bertz CT molecular complexity index is 1340.